The maximum Gasteiger partial charge on any atom is 0.0489 e. The van der Waals surface area contributed by atoms with Gasteiger partial charge in [0.05, 0.1) is 0 Å². The minimum absolute atomic E-state index is 0.167. The molecule has 0 aromatic heterocycles. The van der Waals surface area contributed by atoms with E-state index in [1.54, 1.807) is 0 Å². The third-order valence-electron chi connectivity index (χ3n) is 3.13. The molecule has 1 aliphatic carbocycles. The lowest BCUT2D eigenvalue weighted by Crippen LogP contribution is -2.59. The van der Waals surface area contributed by atoms with Gasteiger partial charge in [-0.2, -0.15) is 0 Å². The van der Waals surface area contributed by atoms with Crippen molar-refractivity contribution in [2.24, 2.45) is 0 Å². The molecule has 0 amide bonds. The van der Waals surface area contributed by atoms with E-state index in [9.17, 15) is 0 Å². The first-order valence-electron chi connectivity index (χ1n) is 5.79. The zero-order chi connectivity index (χ0) is 10.8. The zero-order valence-corrected chi connectivity index (χ0v) is 10.7. The second kappa shape index (κ2) is 4.40. The van der Waals surface area contributed by atoms with Crippen LogP contribution in [0.25, 0.3) is 0 Å². The van der Waals surface area contributed by atoms with E-state index in [0.717, 1.165) is 0 Å². The third kappa shape index (κ3) is 3.13. The first-order chi connectivity index (χ1) is 6.36. The van der Waals surface area contributed by atoms with Crippen LogP contribution in [0.1, 0.15) is 59.8 Å². The highest BCUT2D eigenvalue weighted by Crippen LogP contribution is 2.35. The molecule has 1 saturated carbocycles. The van der Waals surface area contributed by atoms with Crippen LogP contribution in [0, 0.1) is 0 Å². The average Bonchev–Trinajstić information content (AvgIpc) is 2.02. The Hall–Kier alpha value is 0.250. The van der Waals surface area contributed by atoms with Gasteiger partial charge in [0.2, 0.25) is 0 Å². The van der Waals surface area contributed by atoms with Gasteiger partial charge in [-0.1, -0.05) is 19.3 Å². The van der Waals surface area contributed by atoms with Gasteiger partial charge >= 0.3 is 0 Å². The van der Waals surface area contributed by atoms with Crippen LogP contribution in [0.3, 0.4) is 0 Å². The lowest BCUT2D eigenvalue weighted by Gasteiger charge is -2.45. The topological polar surface area (TPSA) is 12.0 Å². The highest BCUT2D eigenvalue weighted by Gasteiger charge is 2.38. The second-order valence-electron chi connectivity index (χ2n) is 5.71. The molecule has 14 heavy (non-hydrogen) atoms. The van der Waals surface area contributed by atoms with Crippen molar-refractivity contribution in [3.8, 4) is 0 Å². The monoisotopic (exact) mass is 217 g/mol. The predicted octanol–water partition coefficient (Wildman–Crippen LogP) is 3.70. The number of hydrogen-bond donors (Lipinski definition) is 1. The number of nitrogens with one attached hydrogen (secondary N) is 1. The van der Waals surface area contributed by atoms with Gasteiger partial charge in [0.25, 0.3) is 0 Å². The van der Waals surface area contributed by atoms with Crippen LogP contribution in [0.15, 0.2) is 0 Å². The van der Waals surface area contributed by atoms with Crippen molar-refractivity contribution in [1.29, 1.82) is 0 Å². The maximum atomic E-state index is 6.36. The minimum Gasteiger partial charge on any atom is -0.305 e. The van der Waals surface area contributed by atoms with E-state index in [2.05, 4.69) is 33.0 Å². The Balaban J connectivity index is 2.71. The van der Waals surface area contributed by atoms with Crippen LogP contribution in [-0.4, -0.2) is 16.5 Å². The van der Waals surface area contributed by atoms with E-state index < -0.39 is 0 Å². The fourth-order valence-corrected chi connectivity index (χ4v) is 2.82. The molecule has 0 spiro atoms. The molecule has 84 valence electrons. The van der Waals surface area contributed by atoms with Crippen LogP contribution >= 0.6 is 11.6 Å². The van der Waals surface area contributed by atoms with Crippen molar-refractivity contribution in [3.05, 3.63) is 0 Å². The van der Waals surface area contributed by atoms with Crippen molar-refractivity contribution in [2.45, 2.75) is 76.3 Å². The van der Waals surface area contributed by atoms with Crippen molar-refractivity contribution >= 4 is 11.6 Å². The van der Waals surface area contributed by atoms with Gasteiger partial charge in [0.1, 0.15) is 0 Å². The van der Waals surface area contributed by atoms with Crippen LogP contribution in [0.5, 0.6) is 0 Å². The Bertz CT molecular complexity index is 175. The summed E-state index contributed by atoms with van der Waals surface area (Å²) in [4.78, 5) is 0. The van der Waals surface area contributed by atoms with E-state index in [1.807, 2.05) is 0 Å². The molecule has 1 unspecified atom stereocenters. The Kier molecular flexibility index (Phi) is 3.87. The first-order valence-corrected chi connectivity index (χ1v) is 6.23. The molecular formula is C12H24ClN. The highest BCUT2D eigenvalue weighted by molar-refractivity contribution is 6.21. The predicted molar refractivity (Wildman–Crippen MR) is 64.0 cm³/mol. The van der Waals surface area contributed by atoms with E-state index >= 15 is 0 Å². The third-order valence-corrected chi connectivity index (χ3v) is 3.55. The summed E-state index contributed by atoms with van der Waals surface area (Å²) >= 11 is 6.36. The number of halogens is 1. The largest absolute Gasteiger partial charge is 0.305 e. The Morgan fingerprint density at radius 1 is 1.14 bits per heavy atom. The molecule has 0 saturated heterocycles. The van der Waals surface area contributed by atoms with Gasteiger partial charge in [0.15, 0.2) is 0 Å². The molecule has 0 radical (unpaired) electrons. The zero-order valence-electron chi connectivity index (χ0n) is 9.99. The van der Waals surface area contributed by atoms with Crippen LogP contribution < -0.4 is 5.32 Å². The summed E-state index contributed by atoms with van der Waals surface area (Å²) in [5, 5.41) is 3.96. The smallest absolute Gasteiger partial charge is 0.0489 e. The lowest BCUT2D eigenvalue weighted by atomic mass is 9.78. The van der Waals surface area contributed by atoms with Crippen molar-refractivity contribution in [3.63, 3.8) is 0 Å². The molecule has 0 aliphatic heterocycles. The molecule has 0 heterocycles. The number of alkyl halides is 1. The SMILES string of the molecule is CC(Cl)C1(NC(C)(C)C)CCCCC1. The maximum absolute atomic E-state index is 6.36. The summed E-state index contributed by atoms with van der Waals surface area (Å²) in [5.41, 5.74) is 0.346. The molecule has 1 fully saturated rings. The van der Waals surface area contributed by atoms with E-state index in [4.69, 9.17) is 11.6 Å². The molecule has 0 aromatic carbocycles. The van der Waals surface area contributed by atoms with Crippen molar-refractivity contribution in [2.75, 3.05) is 0 Å². The van der Waals surface area contributed by atoms with Gasteiger partial charge in [-0.3, -0.25) is 0 Å². The molecule has 0 bridgehead atoms. The molecule has 1 rings (SSSR count). The van der Waals surface area contributed by atoms with Gasteiger partial charge < -0.3 is 5.32 Å². The van der Waals surface area contributed by atoms with Crippen molar-refractivity contribution < 1.29 is 0 Å². The summed E-state index contributed by atoms with van der Waals surface area (Å²) in [7, 11) is 0. The first kappa shape index (κ1) is 12.3. The van der Waals surface area contributed by atoms with Gasteiger partial charge in [-0.25, -0.2) is 0 Å². The van der Waals surface area contributed by atoms with E-state index in [-0.39, 0.29) is 16.5 Å². The summed E-state index contributed by atoms with van der Waals surface area (Å²) in [5.74, 6) is 0. The van der Waals surface area contributed by atoms with E-state index in [1.165, 1.54) is 32.1 Å². The Morgan fingerprint density at radius 3 is 2.00 bits per heavy atom. The van der Waals surface area contributed by atoms with Gasteiger partial charge in [-0.15, -0.1) is 11.6 Å². The van der Waals surface area contributed by atoms with Gasteiger partial charge in [0, 0.05) is 16.5 Å². The second-order valence-corrected chi connectivity index (χ2v) is 6.36. The fraction of sp³-hybridized carbons (Fsp3) is 1.00. The fourth-order valence-electron chi connectivity index (χ4n) is 2.55. The molecule has 1 N–H and O–H groups in total. The average molecular weight is 218 g/mol. The summed E-state index contributed by atoms with van der Waals surface area (Å²) in [6.07, 6.45) is 6.47. The molecule has 0 aromatic rings. The summed E-state index contributed by atoms with van der Waals surface area (Å²) in [6, 6.07) is 0. The number of rotatable bonds is 2. The minimum atomic E-state index is 0.167. The van der Waals surface area contributed by atoms with Crippen LogP contribution in [0.2, 0.25) is 0 Å². The molecule has 2 heteroatoms. The van der Waals surface area contributed by atoms with E-state index in [0.29, 0.717) is 0 Å². The number of hydrogen-bond acceptors (Lipinski definition) is 1. The molecule has 1 aliphatic rings. The van der Waals surface area contributed by atoms with Gasteiger partial charge in [-0.05, 0) is 40.5 Å². The Labute approximate surface area is 93.6 Å². The van der Waals surface area contributed by atoms with Crippen molar-refractivity contribution in [1.82, 2.24) is 5.32 Å². The highest BCUT2D eigenvalue weighted by atomic mass is 35.5. The summed E-state index contributed by atoms with van der Waals surface area (Å²) < 4.78 is 0. The molecular weight excluding hydrogens is 194 g/mol. The van der Waals surface area contributed by atoms with Crippen LogP contribution in [0.4, 0.5) is 0 Å². The molecule has 1 atom stereocenters. The normalized spacial score (nSPS) is 24.6. The molecule has 1 nitrogen and oxygen atoms in total. The van der Waals surface area contributed by atoms with Crippen LogP contribution in [-0.2, 0) is 0 Å². The standard InChI is InChI=1S/C12H24ClN/c1-10(13)12(14-11(2,3)4)8-6-5-7-9-12/h10,14H,5-9H2,1-4H3. The Morgan fingerprint density at radius 2 is 1.64 bits per heavy atom. The lowest BCUT2D eigenvalue weighted by molar-refractivity contribution is 0.177. The summed E-state index contributed by atoms with van der Waals surface area (Å²) in [6.45, 7) is 8.81. The quantitative estimate of drug-likeness (QED) is 0.696.